The first kappa shape index (κ1) is 22.2. The highest BCUT2D eigenvalue weighted by Crippen LogP contribution is 2.40. The molecule has 0 unspecified atom stereocenters. The summed E-state index contributed by atoms with van der Waals surface area (Å²) in [6, 6.07) is 20.1. The van der Waals surface area contributed by atoms with Gasteiger partial charge in [-0.1, -0.05) is 59.6 Å². The van der Waals surface area contributed by atoms with Crippen LogP contribution < -0.4 is 4.74 Å². The van der Waals surface area contributed by atoms with Gasteiger partial charge in [0.05, 0.1) is 6.04 Å². The van der Waals surface area contributed by atoms with Gasteiger partial charge in [0.1, 0.15) is 18.4 Å². The number of hydrogen-bond acceptors (Lipinski definition) is 3. The number of carboxylic acid groups (broad SMARTS) is 1. The molecule has 3 aromatic rings. The van der Waals surface area contributed by atoms with Crippen molar-refractivity contribution in [3.63, 3.8) is 0 Å². The van der Waals surface area contributed by atoms with Crippen LogP contribution in [0.4, 0.5) is 0 Å². The number of rotatable bonds is 6. The van der Waals surface area contributed by atoms with Gasteiger partial charge in [0.2, 0.25) is 0 Å². The van der Waals surface area contributed by atoms with Gasteiger partial charge in [-0.2, -0.15) is 0 Å². The molecule has 1 fully saturated rings. The van der Waals surface area contributed by atoms with Gasteiger partial charge in [-0.05, 0) is 60.4 Å². The van der Waals surface area contributed by atoms with Gasteiger partial charge in [0, 0.05) is 15.6 Å². The van der Waals surface area contributed by atoms with E-state index in [0.717, 1.165) is 11.1 Å². The first-order valence-corrected chi connectivity index (χ1v) is 11.0. The van der Waals surface area contributed by atoms with E-state index in [4.69, 9.17) is 27.9 Å². The van der Waals surface area contributed by atoms with Crippen LogP contribution in [-0.4, -0.2) is 27.9 Å². The molecule has 0 bridgehead atoms. The van der Waals surface area contributed by atoms with Crippen LogP contribution in [0, 0.1) is 0 Å². The molecule has 5 nitrogen and oxygen atoms in total. The summed E-state index contributed by atoms with van der Waals surface area (Å²) in [7, 11) is 0. The van der Waals surface area contributed by atoms with Crippen LogP contribution in [0.2, 0.25) is 10.0 Å². The van der Waals surface area contributed by atoms with Gasteiger partial charge in [-0.25, -0.2) is 4.79 Å². The van der Waals surface area contributed by atoms with Crippen LogP contribution in [0.25, 0.3) is 0 Å². The summed E-state index contributed by atoms with van der Waals surface area (Å²) >= 11 is 12.3. The van der Waals surface area contributed by atoms with Crippen LogP contribution in [-0.2, 0) is 11.4 Å². The van der Waals surface area contributed by atoms with E-state index in [1.165, 1.54) is 4.90 Å². The third-order valence-electron chi connectivity index (χ3n) is 5.57. The average Bonchev–Trinajstić information content (AvgIpc) is 3.23. The van der Waals surface area contributed by atoms with E-state index >= 15 is 0 Å². The van der Waals surface area contributed by atoms with E-state index in [2.05, 4.69) is 0 Å². The molecule has 1 N–H and O–H groups in total. The maximum atomic E-state index is 13.4. The second-order valence-electron chi connectivity index (χ2n) is 7.62. The Morgan fingerprint density at radius 3 is 2.41 bits per heavy atom. The molecule has 2 atom stereocenters. The van der Waals surface area contributed by atoms with Crippen LogP contribution in [0.3, 0.4) is 0 Å². The van der Waals surface area contributed by atoms with Gasteiger partial charge < -0.3 is 14.7 Å². The number of carboxylic acids is 1. The molecule has 0 radical (unpaired) electrons. The summed E-state index contributed by atoms with van der Waals surface area (Å²) in [6.45, 7) is 0.318. The SMILES string of the molecule is O=C(O)[C@@H]1CC[C@H](c2ccccc2Cl)N1C(=O)c1ccc(COc2cccc(Cl)c2)cc1. The molecular formula is C25H21Cl2NO4. The highest BCUT2D eigenvalue weighted by molar-refractivity contribution is 6.31. The van der Waals surface area contributed by atoms with E-state index in [-0.39, 0.29) is 11.9 Å². The summed E-state index contributed by atoms with van der Waals surface area (Å²) in [5.41, 5.74) is 2.06. The predicted molar refractivity (Wildman–Crippen MR) is 123 cm³/mol. The second kappa shape index (κ2) is 9.63. The van der Waals surface area contributed by atoms with Crippen LogP contribution in [0.5, 0.6) is 5.75 Å². The zero-order valence-corrected chi connectivity index (χ0v) is 18.6. The Morgan fingerprint density at radius 2 is 1.72 bits per heavy atom. The first-order chi connectivity index (χ1) is 15.4. The van der Waals surface area contributed by atoms with Crippen molar-refractivity contribution in [3.8, 4) is 5.75 Å². The minimum atomic E-state index is -1.01. The Bertz CT molecular complexity index is 1130. The quantitative estimate of drug-likeness (QED) is 0.480. The number of ether oxygens (including phenoxy) is 1. The molecule has 7 heteroatoms. The summed E-state index contributed by atoms with van der Waals surface area (Å²) in [5.74, 6) is -0.692. The maximum Gasteiger partial charge on any atom is 0.326 e. The van der Waals surface area contributed by atoms with Crippen LogP contribution in [0.15, 0.2) is 72.8 Å². The van der Waals surface area contributed by atoms with Crippen LogP contribution in [0.1, 0.15) is 40.4 Å². The molecule has 1 aliphatic heterocycles. The van der Waals surface area contributed by atoms with Crippen molar-refractivity contribution in [2.75, 3.05) is 0 Å². The number of amides is 1. The van der Waals surface area contributed by atoms with E-state index in [1.54, 1.807) is 42.5 Å². The Morgan fingerprint density at radius 1 is 0.969 bits per heavy atom. The number of carbonyl (C=O) groups is 2. The first-order valence-electron chi connectivity index (χ1n) is 10.2. The van der Waals surface area contributed by atoms with Gasteiger partial charge in [-0.3, -0.25) is 4.79 Å². The monoisotopic (exact) mass is 469 g/mol. The highest BCUT2D eigenvalue weighted by atomic mass is 35.5. The maximum absolute atomic E-state index is 13.4. The highest BCUT2D eigenvalue weighted by Gasteiger charge is 2.42. The number of benzene rings is 3. The van der Waals surface area contributed by atoms with E-state index in [1.807, 2.05) is 30.3 Å². The summed E-state index contributed by atoms with van der Waals surface area (Å²) < 4.78 is 5.74. The molecule has 1 aliphatic rings. The number of nitrogens with zero attached hydrogens (tertiary/aromatic N) is 1. The van der Waals surface area contributed by atoms with Gasteiger partial charge in [0.15, 0.2) is 0 Å². The predicted octanol–water partition coefficient (Wildman–Crippen LogP) is 6.00. The molecule has 164 valence electrons. The van der Waals surface area contributed by atoms with Gasteiger partial charge >= 0.3 is 5.97 Å². The Hall–Kier alpha value is -3.02. The Kier molecular flexibility index (Phi) is 6.68. The molecule has 0 aromatic heterocycles. The zero-order valence-electron chi connectivity index (χ0n) is 17.1. The lowest BCUT2D eigenvalue weighted by Crippen LogP contribution is -2.41. The normalized spacial score (nSPS) is 17.9. The Balaban J connectivity index is 1.53. The fourth-order valence-electron chi connectivity index (χ4n) is 4.00. The van der Waals surface area contributed by atoms with E-state index < -0.39 is 12.0 Å². The summed E-state index contributed by atoms with van der Waals surface area (Å²) in [6.07, 6.45) is 0.917. The number of halogens is 2. The lowest BCUT2D eigenvalue weighted by molar-refractivity contribution is -0.141. The largest absolute Gasteiger partial charge is 0.489 e. The lowest BCUT2D eigenvalue weighted by atomic mass is 10.0. The number of carbonyl (C=O) groups excluding carboxylic acids is 1. The summed E-state index contributed by atoms with van der Waals surface area (Å²) in [5, 5.41) is 10.8. The van der Waals surface area contributed by atoms with Crippen molar-refractivity contribution in [1.29, 1.82) is 0 Å². The van der Waals surface area contributed by atoms with Gasteiger partial charge in [0.25, 0.3) is 5.91 Å². The third kappa shape index (κ3) is 4.74. The molecule has 3 aromatic carbocycles. The standard InChI is InChI=1S/C25H21Cl2NO4/c26-18-4-3-5-19(14-18)32-15-16-8-10-17(11-9-16)24(29)28-22(12-13-23(28)25(30)31)20-6-1-2-7-21(20)27/h1-11,14,22-23H,12-13,15H2,(H,30,31)/t22-,23+/m1/s1. The molecule has 0 aliphatic carbocycles. The number of hydrogen-bond donors (Lipinski definition) is 1. The third-order valence-corrected chi connectivity index (χ3v) is 6.15. The van der Waals surface area contributed by atoms with Crippen molar-refractivity contribution < 1.29 is 19.4 Å². The number of likely N-dealkylation sites (tertiary alicyclic amines) is 1. The molecule has 0 spiro atoms. The molecular weight excluding hydrogens is 449 g/mol. The molecule has 4 rings (SSSR count). The molecule has 0 saturated carbocycles. The van der Waals surface area contributed by atoms with E-state index in [0.29, 0.717) is 40.8 Å². The van der Waals surface area contributed by atoms with Crippen molar-refractivity contribution in [2.45, 2.75) is 31.5 Å². The minimum Gasteiger partial charge on any atom is -0.489 e. The Labute approximate surface area is 196 Å². The smallest absolute Gasteiger partial charge is 0.326 e. The molecule has 32 heavy (non-hydrogen) atoms. The zero-order chi connectivity index (χ0) is 22.7. The average molecular weight is 470 g/mol. The van der Waals surface area contributed by atoms with Crippen molar-refractivity contribution in [1.82, 2.24) is 4.90 Å². The topological polar surface area (TPSA) is 66.8 Å². The van der Waals surface area contributed by atoms with E-state index in [9.17, 15) is 14.7 Å². The fraction of sp³-hybridized carbons (Fsp3) is 0.200. The fourth-order valence-corrected chi connectivity index (χ4v) is 4.45. The second-order valence-corrected chi connectivity index (χ2v) is 8.47. The van der Waals surface area contributed by atoms with Crippen molar-refractivity contribution >= 4 is 35.1 Å². The minimum absolute atomic E-state index is 0.318. The lowest BCUT2D eigenvalue weighted by Gasteiger charge is -2.29. The van der Waals surface area contributed by atoms with Crippen molar-refractivity contribution in [2.24, 2.45) is 0 Å². The van der Waals surface area contributed by atoms with Crippen LogP contribution >= 0.6 is 23.2 Å². The number of aliphatic carboxylic acids is 1. The molecule has 1 amide bonds. The summed E-state index contributed by atoms with van der Waals surface area (Å²) in [4.78, 5) is 26.7. The van der Waals surface area contributed by atoms with Crippen molar-refractivity contribution in [3.05, 3.63) is 99.5 Å². The molecule has 1 heterocycles. The molecule has 1 saturated heterocycles. The van der Waals surface area contributed by atoms with Gasteiger partial charge in [-0.15, -0.1) is 0 Å².